The molecule has 0 bridgehead atoms. The summed E-state index contributed by atoms with van der Waals surface area (Å²) in [4.78, 5) is 35.6. The second kappa shape index (κ2) is 9.54. The van der Waals surface area contributed by atoms with Crippen LogP contribution >= 0.6 is 0 Å². The molecule has 0 saturated carbocycles. The van der Waals surface area contributed by atoms with Crippen molar-refractivity contribution < 1.29 is 24.7 Å². The molecule has 3 amide bonds. The molecule has 0 saturated heterocycles. The lowest BCUT2D eigenvalue weighted by molar-refractivity contribution is -0.142. The summed E-state index contributed by atoms with van der Waals surface area (Å²) >= 11 is 0. The fourth-order valence-electron chi connectivity index (χ4n) is 1.94. The van der Waals surface area contributed by atoms with Gasteiger partial charge < -0.3 is 15.7 Å². The van der Waals surface area contributed by atoms with Crippen molar-refractivity contribution in [2.24, 2.45) is 5.92 Å². The molecule has 8 nitrogen and oxygen atoms in total. The number of carbonyl (C=O) groups is 3. The molecule has 0 aromatic heterocycles. The van der Waals surface area contributed by atoms with E-state index in [2.05, 4.69) is 10.6 Å². The topological polar surface area (TPSA) is 128 Å². The molecule has 8 heteroatoms. The number of rotatable bonds is 8. The van der Waals surface area contributed by atoms with Crippen LogP contribution in [0.25, 0.3) is 0 Å². The van der Waals surface area contributed by atoms with E-state index < -0.39 is 29.7 Å². The van der Waals surface area contributed by atoms with E-state index in [1.165, 1.54) is 12.4 Å². The number of carbonyl (C=O) groups excluding carboxylic acids is 3. The molecule has 1 aromatic rings. The van der Waals surface area contributed by atoms with Crippen molar-refractivity contribution in [2.45, 2.75) is 19.4 Å². The van der Waals surface area contributed by atoms with Crippen LogP contribution in [0.1, 0.15) is 12.5 Å². The van der Waals surface area contributed by atoms with Crippen molar-refractivity contribution in [1.82, 2.24) is 16.1 Å². The largest absolute Gasteiger partial charge is 0.395 e. The normalized spacial score (nSPS) is 12.8. The molecular formula is C15H21N3O5. The van der Waals surface area contributed by atoms with Crippen molar-refractivity contribution in [2.75, 3.05) is 13.2 Å². The van der Waals surface area contributed by atoms with Gasteiger partial charge in [0.2, 0.25) is 11.8 Å². The lowest BCUT2D eigenvalue weighted by Gasteiger charge is -2.18. The fourth-order valence-corrected chi connectivity index (χ4v) is 1.94. The number of amides is 3. The SMILES string of the molecule is CC(NC(=O)C(Cc1ccccc1)C(=O)NO)C(=O)NCCO. The summed E-state index contributed by atoms with van der Waals surface area (Å²) in [5, 5.41) is 22.3. The summed E-state index contributed by atoms with van der Waals surface area (Å²) in [7, 11) is 0. The average Bonchev–Trinajstić information content (AvgIpc) is 2.57. The first-order valence-electron chi connectivity index (χ1n) is 7.16. The minimum atomic E-state index is -1.17. The summed E-state index contributed by atoms with van der Waals surface area (Å²) in [5.41, 5.74) is 2.21. The predicted octanol–water partition coefficient (Wildman–Crippen LogP) is -1.04. The molecule has 0 aliphatic carbocycles. The van der Waals surface area contributed by atoms with Crippen LogP contribution in [-0.2, 0) is 20.8 Å². The average molecular weight is 323 g/mol. The van der Waals surface area contributed by atoms with Gasteiger partial charge in [-0.1, -0.05) is 30.3 Å². The molecule has 5 N–H and O–H groups in total. The third kappa shape index (κ3) is 6.05. The van der Waals surface area contributed by atoms with Crippen LogP contribution in [0.15, 0.2) is 30.3 Å². The molecule has 0 aliphatic rings. The van der Waals surface area contributed by atoms with Gasteiger partial charge in [-0.15, -0.1) is 0 Å². The van der Waals surface area contributed by atoms with Gasteiger partial charge in [0.25, 0.3) is 5.91 Å². The third-order valence-electron chi connectivity index (χ3n) is 3.19. The van der Waals surface area contributed by atoms with Gasteiger partial charge in [0.15, 0.2) is 0 Å². The van der Waals surface area contributed by atoms with Crippen LogP contribution in [0.5, 0.6) is 0 Å². The van der Waals surface area contributed by atoms with E-state index in [4.69, 9.17) is 10.3 Å². The van der Waals surface area contributed by atoms with E-state index >= 15 is 0 Å². The van der Waals surface area contributed by atoms with Crippen LogP contribution in [0, 0.1) is 5.92 Å². The highest BCUT2D eigenvalue weighted by Crippen LogP contribution is 2.10. The van der Waals surface area contributed by atoms with Gasteiger partial charge in [0.1, 0.15) is 12.0 Å². The first-order chi connectivity index (χ1) is 11.0. The molecule has 0 radical (unpaired) electrons. The summed E-state index contributed by atoms with van der Waals surface area (Å²) in [6.07, 6.45) is 0.0873. The number of nitrogens with one attached hydrogen (secondary N) is 3. The maximum absolute atomic E-state index is 12.2. The summed E-state index contributed by atoms with van der Waals surface area (Å²) < 4.78 is 0. The van der Waals surface area contributed by atoms with Crippen LogP contribution in [0.4, 0.5) is 0 Å². The summed E-state index contributed by atoms with van der Waals surface area (Å²) in [6.45, 7) is 1.32. The molecular weight excluding hydrogens is 302 g/mol. The Hall–Kier alpha value is -2.45. The fraction of sp³-hybridized carbons (Fsp3) is 0.400. The Kier molecular flexibility index (Phi) is 7.72. The van der Waals surface area contributed by atoms with E-state index in [1.807, 2.05) is 0 Å². The third-order valence-corrected chi connectivity index (χ3v) is 3.19. The highest BCUT2D eigenvalue weighted by molar-refractivity contribution is 6.01. The zero-order valence-corrected chi connectivity index (χ0v) is 12.8. The van der Waals surface area contributed by atoms with Gasteiger partial charge in [-0.2, -0.15) is 0 Å². The Morgan fingerprint density at radius 1 is 1.09 bits per heavy atom. The summed E-state index contributed by atoms with van der Waals surface area (Å²) in [6, 6.07) is 7.97. The molecule has 126 valence electrons. The van der Waals surface area contributed by atoms with Crippen molar-refractivity contribution in [3.05, 3.63) is 35.9 Å². The van der Waals surface area contributed by atoms with Crippen LogP contribution in [0.2, 0.25) is 0 Å². The monoisotopic (exact) mass is 323 g/mol. The van der Waals surface area contributed by atoms with Gasteiger partial charge in [0, 0.05) is 6.54 Å². The van der Waals surface area contributed by atoms with Crippen LogP contribution in [-0.4, -0.2) is 47.2 Å². The van der Waals surface area contributed by atoms with Crippen LogP contribution in [0.3, 0.4) is 0 Å². The van der Waals surface area contributed by atoms with Gasteiger partial charge in [0.05, 0.1) is 6.61 Å². The molecule has 23 heavy (non-hydrogen) atoms. The molecule has 0 aliphatic heterocycles. The minimum Gasteiger partial charge on any atom is -0.395 e. The zero-order chi connectivity index (χ0) is 17.2. The molecule has 0 fully saturated rings. The standard InChI is InChI=1S/C15H21N3O5/c1-10(13(20)16-7-8-19)17-14(21)12(15(22)18-23)9-11-5-3-2-4-6-11/h2-6,10,12,19,23H,7-9H2,1H3,(H,16,20)(H,17,21)(H,18,22). The number of hydroxylamine groups is 1. The molecule has 2 unspecified atom stereocenters. The lowest BCUT2D eigenvalue weighted by Crippen LogP contribution is -2.50. The first-order valence-corrected chi connectivity index (χ1v) is 7.16. The van der Waals surface area contributed by atoms with E-state index in [1.54, 1.807) is 30.3 Å². The predicted molar refractivity (Wildman–Crippen MR) is 81.3 cm³/mol. The minimum absolute atomic E-state index is 0.0730. The molecule has 0 spiro atoms. The number of aliphatic hydroxyl groups is 1. The quantitative estimate of drug-likeness (QED) is 0.237. The van der Waals surface area contributed by atoms with Gasteiger partial charge in [-0.3, -0.25) is 19.6 Å². The maximum atomic E-state index is 12.2. The molecule has 2 atom stereocenters. The molecule has 1 aromatic carbocycles. The first kappa shape index (κ1) is 18.6. The molecule has 1 rings (SSSR count). The second-order valence-electron chi connectivity index (χ2n) is 4.96. The number of hydrogen-bond acceptors (Lipinski definition) is 5. The molecule has 0 heterocycles. The smallest absolute Gasteiger partial charge is 0.256 e. The van der Waals surface area contributed by atoms with Crippen LogP contribution < -0.4 is 16.1 Å². The number of hydrogen-bond donors (Lipinski definition) is 5. The van der Waals surface area contributed by atoms with Crippen molar-refractivity contribution in [1.29, 1.82) is 0 Å². The lowest BCUT2D eigenvalue weighted by atomic mass is 9.97. The zero-order valence-electron chi connectivity index (χ0n) is 12.8. The highest BCUT2D eigenvalue weighted by atomic mass is 16.5. The van der Waals surface area contributed by atoms with E-state index in [0.717, 1.165) is 5.56 Å². The number of benzene rings is 1. The van der Waals surface area contributed by atoms with E-state index in [-0.39, 0.29) is 19.6 Å². The number of aliphatic hydroxyl groups excluding tert-OH is 1. The second-order valence-corrected chi connectivity index (χ2v) is 4.96. The Morgan fingerprint density at radius 3 is 2.30 bits per heavy atom. The Balaban J connectivity index is 2.72. The van der Waals surface area contributed by atoms with Gasteiger partial charge >= 0.3 is 0 Å². The van der Waals surface area contributed by atoms with Gasteiger partial charge in [-0.25, -0.2) is 5.48 Å². The Bertz CT molecular complexity index is 535. The van der Waals surface area contributed by atoms with Gasteiger partial charge in [-0.05, 0) is 18.9 Å². The van der Waals surface area contributed by atoms with Crippen molar-refractivity contribution >= 4 is 17.7 Å². The Morgan fingerprint density at radius 2 is 1.74 bits per heavy atom. The maximum Gasteiger partial charge on any atom is 0.256 e. The van der Waals surface area contributed by atoms with Crippen molar-refractivity contribution in [3.63, 3.8) is 0 Å². The summed E-state index contributed by atoms with van der Waals surface area (Å²) in [5.74, 6) is -3.17. The van der Waals surface area contributed by atoms with E-state index in [0.29, 0.717) is 0 Å². The highest BCUT2D eigenvalue weighted by Gasteiger charge is 2.29. The van der Waals surface area contributed by atoms with Crippen molar-refractivity contribution in [3.8, 4) is 0 Å². The Labute approximate surface area is 133 Å². The van der Waals surface area contributed by atoms with E-state index in [9.17, 15) is 14.4 Å².